The van der Waals surface area contributed by atoms with Crippen LogP contribution in [0.1, 0.15) is 13.8 Å². The largest absolute Gasteiger partial charge is 0.339 e. The Labute approximate surface area is 90.7 Å². The van der Waals surface area contributed by atoms with Gasteiger partial charge >= 0.3 is 0 Å². The van der Waals surface area contributed by atoms with Crippen LogP contribution in [-0.2, 0) is 14.6 Å². The summed E-state index contributed by atoms with van der Waals surface area (Å²) in [5, 5.41) is 3.26. The summed E-state index contributed by atoms with van der Waals surface area (Å²) in [5.74, 6) is -0.685. The lowest BCUT2D eigenvalue weighted by atomic mass is 10.0. The van der Waals surface area contributed by atoms with E-state index in [1.54, 1.807) is 4.90 Å². The molecule has 1 fully saturated rings. The Morgan fingerprint density at radius 3 is 2.53 bits per heavy atom. The number of hydrogen-bond acceptors (Lipinski definition) is 4. The summed E-state index contributed by atoms with van der Waals surface area (Å²) in [4.78, 5) is 13.2. The number of piperazine rings is 1. The fraction of sp³-hybridized carbons (Fsp3) is 0.889. The Hall–Kier alpha value is -0.620. The Morgan fingerprint density at radius 2 is 2.07 bits per heavy atom. The number of carbonyl (C=O) groups is 1. The van der Waals surface area contributed by atoms with Gasteiger partial charge in [0, 0.05) is 31.4 Å². The lowest BCUT2D eigenvalue weighted by molar-refractivity contribution is -0.130. The fourth-order valence-corrected chi connectivity index (χ4v) is 2.30. The van der Waals surface area contributed by atoms with E-state index in [-0.39, 0.29) is 17.2 Å². The second-order valence-electron chi connectivity index (χ2n) is 4.70. The molecule has 0 aromatic heterocycles. The molecule has 5 nitrogen and oxygen atoms in total. The van der Waals surface area contributed by atoms with Crippen LogP contribution in [0.3, 0.4) is 0 Å². The third-order valence-corrected chi connectivity index (χ3v) is 3.08. The van der Waals surface area contributed by atoms with Crippen LogP contribution in [0.2, 0.25) is 0 Å². The zero-order valence-corrected chi connectivity index (χ0v) is 10.2. The number of hydrogen-bond donors (Lipinski definition) is 1. The van der Waals surface area contributed by atoms with E-state index >= 15 is 0 Å². The molecule has 0 saturated carbocycles. The third kappa shape index (κ3) is 4.17. The maximum absolute atomic E-state index is 11.6. The average Bonchev–Trinajstić information content (AvgIpc) is 1.99. The molecule has 1 amide bonds. The van der Waals surface area contributed by atoms with Crippen LogP contribution in [-0.4, -0.2) is 56.4 Å². The van der Waals surface area contributed by atoms with Crippen molar-refractivity contribution in [2.45, 2.75) is 19.4 Å². The molecule has 1 aliphatic heterocycles. The highest BCUT2D eigenvalue weighted by Gasteiger charge is 2.29. The lowest BCUT2D eigenvalue weighted by Crippen LogP contribution is -2.59. The SMILES string of the molecule is CC1(C)CN(C(=O)CS(C)(=O)=O)CCN1. The van der Waals surface area contributed by atoms with Crippen molar-refractivity contribution in [2.24, 2.45) is 0 Å². The van der Waals surface area contributed by atoms with E-state index in [0.717, 1.165) is 6.26 Å². The normalized spacial score (nSPS) is 21.4. The highest BCUT2D eigenvalue weighted by atomic mass is 32.2. The van der Waals surface area contributed by atoms with Crippen LogP contribution >= 0.6 is 0 Å². The zero-order chi connectivity index (χ0) is 11.7. The standard InChI is InChI=1S/C9H18N2O3S/c1-9(2)7-11(5-4-10-9)8(12)6-15(3,13)14/h10H,4-7H2,1-3H3. The van der Waals surface area contributed by atoms with Crippen LogP contribution in [0, 0.1) is 0 Å². The summed E-state index contributed by atoms with van der Waals surface area (Å²) < 4.78 is 22.0. The number of nitrogens with zero attached hydrogens (tertiary/aromatic N) is 1. The topological polar surface area (TPSA) is 66.5 Å². The summed E-state index contributed by atoms with van der Waals surface area (Å²) in [6.45, 7) is 5.83. The van der Waals surface area contributed by atoms with Gasteiger partial charge in [-0.05, 0) is 13.8 Å². The van der Waals surface area contributed by atoms with E-state index < -0.39 is 9.84 Å². The van der Waals surface area contributed by atoms with Crippen molar-refractivity contribution in [3.63, 3.8) is 0 Å². The molecular formula is C9H18N2O3S. The van der Waals surface area contributed by atoms with Crippen molar-refractivity contribution >= 4 is 15.7 Å². The molecule has 1 saturated heterocycles. The highest BCUT2D eigenvalue weighted by molar-refractivity contribution is 7.91. The predicted molar refractivity (Wildman–Crippen MR) is 58.4 cm³/mol. The molecule has 0 unspecified atom stereocenters. The predicted octanol–water partition coefficient (Wildman–Crippen LogP) is -0.759. The second-order valence-corrected chi connectivity index (χ2v) is 6.84. The minimum absolute atomic E-state index is 0.134. The van der Waals surface area contributed by atoms with E-state index in [2.05, 4.69) is 5.32 Å². The highest BCUT2D eigenvalue weighted by Crippen LogP contribution is 2.10. The monoisotopic (exact) mass is 234 g/mol. The van der Waals surface area contributed by atoms with Crippen molar-refractivity contribution in [1.82, 2.24) is 10.2 Å². The Bertz CT molecular complexity index is 348. The maximum atomic E-state index is 11.6. The van der Waals surface area contributed by atoms with E-state index in [9.17, 15) is 13.2 Å². The van der Waals surface area contributed by atoms with Gasteiger partial charge in [0.1, 0.15) is 5.75 Å². The van der Waals surface area contributed by atoms with E-state index in [4.69, 9.17) is 0 Å². The van der Waals surface area contributed by atoms with Gasteiger partial charge in [0.05, 0.1) is 0 Å². The van der Waals surface area contributed by atoms with Gasteiger partial charge < -0.3 is 10.2 Å². The Kier molecular flexibility index (Phi) is 3.40. The molecule has 0 bridgehead atoms. The molecule has 6 heteroatoms. The number of rotatable bonds is 2. The summed E-state index contributed by atoms with van der Waals surface area (Å²) in [6.07, 6.45) is 1.08. The first kappa shape index (κ1) is 12.4. The van der Waals surface area contributed by atoms with Crippen LogP contribution in [0.25, 0.3) is 0 Å². The molecular weight excluding hydrogens is 216 g/mol. The first-order valence-electron chi connectivity index (χ1n) is 4.90. The zero-order valence-electron chi connectivity index (χ0n) is 9.41. The third-order valence-electron chi connectivity index (χ3n) is 2.31. The molecule has 15 heavy (non-hydrogen) atoms. The lowest BCUT2D eigenvalue weighted by Gasteiger charge is -2.39. The summed E-state index contributed by atoms with van der Waals surface area (Å²) in [7, 11) is -3.22. The molecule has 0 atom stereocenters. The van der Waals surface area contributed by atoms with Crippen molar-refractivity contribution < 1.29 is 13.2 Å². The van der Waals surface area contributed by atoms with Crippen molar-refractivity contribution in [3.8, 4) is 0 Å². The van der Waals surface area contributed by atoms with Gasteiger partial charge in [0.15, 0.2) is 9.84 Å². The van der Waals surface area contributed by atoms with Crippen LogP contribution in [0.4, 0.5) is 0 Å². The van der Waals surface area contributed by atoms with Gasteiger partial charge in [0.2, 0.25) is 5.91 Å². The molecule has 0 aliphatic carbocycles. The number of carbonyl (C=O) groups excluding carboxylic acids is 1. The van der Waals surface area contributed by atoms with Crippen molar-refractivity contribution in [1.29, 1.82) is 0 Å². The molecule has 88 valence electrons. The quantitative estimate of drug-likeness (QED) is 0.682. The van der Waals surface area contributed by atoms with E-state index in [1.807, 2.05) is 13.8 Å². The molecule has 1 rings (SSSR count). The minimum atomic E-state index is -3.22. The van der Waals surface area contributed by atoms with E-state index in [1.165, 1.54) is 0 Å². The summed E-state index contributed by atoms with van der Waals surface area (Å²) in [5.41, 5.74) is -0.134. The summed E-state index contributed by atoms with van der Waals surface area (Å²) in [6, 6.07) is 0. The van der Waals surface area contributed by atoms with Crippen LogP contribution in [0.5, 0.6) is 0 Å². The smallest absolute Gasteiger partial charge is 0.237 e. The summed E-state index contributed by atoms with van der Waals surface area (Å²) >= 11 is 0. The maximum Gasteiger partial charge on any atom is 0.237 e. The van der Waals surface area contributed by atoms with E-state index in [0.29, 0.717) is 19.6 Å². The Morgan fingerprint density at radius 1 is 1.47 bits per heavy atom. The van der Waals surface area contributed by atoms with Gasteiger partial charge in [-0.15, -0.1) is 0 Å². The molecule has 0 aromatic rings. The van der Waals surface area contributed by atoms with Crippen LogP contribution < -0.4 is 5.32 Å². The van der Waals surface area contributed by atoms with Gasteiger partial charge in [-0.2, -0.15) is 0 Å². The molecule has 0 radical (unpaired) electrons. The Balaban J connectivity index is 2.61. The molecule has 0 aromatic carbocycles. The van der Waals surface area contributed by atoms with Crippen molar-refractivity contribution in [2.75, 3.05) is 31.6 Å². The number of amides is 1. The van der Waals surface area contributed by atoms with Gasteiger partial charge in [-0.1, -0.05) is 0 Å². The first-order valence-corrected chi connectivity index (χ1v) is 6.96. The second kappa shape index (κ2) is 4.09. The molecule has 1 aliphatic rings. The average molecular weight is 234 g/mol. The van der Waals surface area contributed by atoms with Gasteiger partial charge in [0.25, 0.3) is 0 Å². The molecule has 1 heterocycles. The van der Waals surface area contributed by atoms with Crippen molar-refractivity contribution in [3.05, 3.63) is 0 Å². The number of nitrogens with one attached hydrogen (secondary N) is 1. The molecule has 1 N–H and O–H groups in total. The number of sulfone groups is 1. The fourth-order valence-electron chi connectivity index (χ4n) is 1.67. The van der Waals surface area contributed by atoms with Gasteiger partial charge in [-0.25, -0.2) is 8.42 Å². The minimum Gasteiger partial charge on any atom is -0.339 e. The van der Waals surface area contributed by atoms with Crippen LogP contribution in [0.15, 0.2) is 0 Å². The first-order chi connectivity index (χ1) is 6.70. The molecule has 0 spiro atoms. The van der Waals surface area contributed by atoms with Gasteiger partial charge in [-0.3, -0.25) is 4.79 Å².